The van der Waals surface area contributed by atoms with E-state index in [4.69, 9.17) is 5.73 Å². The Morgan fingerprint density at radius 2 is 1.84 bits per heavy atom. The Balaban J connectivity index is 1.95. The second kappa shape index (κ2) is 5.80. The fraction of sp³-hybridized carbons (Fsp3) is 0.933. The summed E-state index contributed by atoms with van der Waals surface area (Å²) < 4.78 is 0. The first-order valence-electron chi connectivity index (χ1n) is 7.70. The van der Waals surface area contributed by atoms with Gasteiger partial charge in [0.1, 0.15) is 0 Å². The number of nitrogens with zero attached hydrogens (tertiary/aromatic N) is 2. The number of carbonyl (C=O) groups excluding carboxylic acids is 1. The highest BCUT2D eigenvalue weighted by Gasteiger charge is 2.37. The lowest BCUT2D eigenvalue weighted by molar-refractivity contribution is -0.138. The van der Waals surface area contributed by atoms with Gasteiger partial charge in [0.15, 0.2) is 0 Å². The number of carbonyl (C=O) groups is 1. The van der Waals surface area contributed by atoms with Crippen LogP contribution in [0.15, 0.2) is 0 Å². The van der Waals surface area contributed by atoms with Gasteiger partial charge in [-0.2, -0.15) is 0 Å². The number of nitrogens with two attached hydrogens (primary N) is 1. The summed E-state index contributed by atoms with van der Waals surface area (Å²) in [5.74, 6) is 0.311. The number of piperidine rings is 2. The molecule has 0 spiro atoms. The third kappa shape index (κ3) is 3.29. The molecule has 0 saturated carbocycles. The van der Waals surface area contributed by atoms with E-state index in [1.54, 1.807) is 0 Å². The van der Waals surface area contributed by atoms with Crippen molar-refractivity contribution in [2.45, 2.75) is 58.5 Å². The van der Waals surface area contributed by atoms with Crippen LogP contribution in [0.1, 0.15) is 46.5 Å². The Kier molecular flexibility index (Phi) is 4.51. The van der Waals surface area contributed by atoms with Crippen molar-refractivity contribution in [3.63, 3.8) is 0 Å². The zero-order valence-corrected chi connectivity index (χ0v) is 12.7. The lowest BCUT2D eigenvalue weighted by atomic mass is 9.79. The molecule has 0 aliphatic carbocycles. The van der Waals surface area contributed by atoms with Crippen LogP contribution in [-0.2, 0) is 4.79 Å². The van der Waals surface area contributed by atoms with Gasteiger partial charge in [-0.05, 0) is 38.0 Å². The van der Waals surface area contributed by atoms with Crippen LogP contribution in [0.4, 0.5) is 0 Å². The van der Waals surface area contributed by atoms with Crippen molar-refractivity contribution in [2.75, 3.05) is 26.2 Å². The van der Waals surface area contributed by atoms with Crippen molar-refractivity contribution in [3.8, 4) is 0 Å². The van der Waals surface area contributed by atoms with Crippen molar-refractivity contribution < 1.29 is 4.79 Å². The molecular formula is C15H29N3O. The van der Waals surface area contributed by atoms with Gasteiger partial charge in [-0.15, -0.1) is 0 Å². The first-order valence-corrected chi connectivity index (χ1v) is 7.70. The van der Waals surface area contributed by atoms with Crippen molar-refractivity contribution in [3.05, 3.63) is 0 Å². The quantitative estimate of drug-likeness (QED) is 0.824. The van der Waals surface area contributed by atoms with Crippen LogP contribution in [0.5, 0.6) is 0 Å². The van der Waals surface area contributed by atoms with Gasteiger partial charge in [0, 0.05) is 32.2 Å². The Bertz CT molecular complexity index is 323. The van der Waals surface area contributed by atoms with Gasteiger partial charge in [0.05, 0.1) is 6.04 Å². The summed E-state index contributed by atoms with van der Waals surface area (Å²) in [5, 5.41) is 0. The summed E-state index contributed by atoms with van der Waals surface area (Å²) in [6.45, 7) is 10.2. The molecule has 110 valence electrons. The van der Waals surface area contributed by atoms with Crippen LogP contribution in [0.3, 0.4) is 0 Å². The SMILES string of the molecule is CC(C(=O)N1CCCCC1)N1CCC(N)C(C)(C)C1. The van der Waals surface area contributed by atoms with E-state index >= 15 is 0 Å². The Morgan fingerprint density at radius 3 is 2.42 bits per heavy atom. The summed E-state index contributed by atoms with van der Waals surface area (Å²) in [7, 11) is 0. The summed E-state index contributed by atoms with van der Waals surface area (Å²) >= 11 is 0. The van der Waals surface area contributed by atoms with E-state index in [0.717, 1.165) is 45.4 Å². The second-order valence-electron chi connectivity index (χ2n) is 6.92. The molecule has 2 saturated heterocycles. The van der Waals surface area contributed by atoms with Crippen LogP contribution >= 0.6 is 0 Å². The van der Waals surface area contributed by atoms with Gasteiger partial charge in [-0.1, -0.05) is 13.8 Å². The van der Waals surface area contributed by atoms with Crippen LogP contribution < -0.4 is 5.73 Å². The zero-order valence-electron chi connectivity index (χ0n) is 12.7. The topological polar surface area (TPSA) is 49.6 Å². The molecule has 2 aliphatic heterocycles. The van der Waals surface area contributed by atoms with Crippen LogP contribution in [0, 0.1) is 5.41 Å². The van der Waals surface area contributed by atoms with Gasteiger partial charge in [0.2, 0.25) is 5.91 Å². The molecule has 1 amide bonds. The fourth-order valence-electron chi connectivity index (χ4n) is 3.28. The maximum Gasteiger partial charge on any atom is 0.239 e. The normalized spacial score (nSPS) is 30.1. The molecule has 2 unspecified atom stereocenters. The summed E-state index contributed by atoms with van der Waals surface area (Å²) in [6.07, 6.45) is 4.58. The number of hydrogen-bond acceptors (Lipinski definition) is 3. The maximum atomic E-state index is 12.5. The van der Waals surface area contributed by atoms with Gasteiger partial charge in [-0.3, -0.25) is 9.69 Å². The monoisotopic (exact) mass is 267 g/mol. The minimum atomic E-state index is 0.00451. The molecule has 2 heterocycles. The van der Waals surface area contributed by atoms with E-state index < -0.39 is 0 Å². The van der Waals surface area contributed by atoms with Gasteiger partial charge in [0.25, 0.3) is 0 Å². The molecular weight excluding hydrogens is 238 g/mol. The first kappa shape index (κ1) is 14.8. The largest absolute Gasteiger partial charge is 0.341 e. The Hall–Kier alpha value is -0.610. The van der Waals surface area contributed by atoms with Gasteiger partial charge >= 0.3 is 0 Å². The molecule has 4 nitrogen and oxygen atoms in total. The predicted molar refractivity (Wildman–Crippen MR) is 77.8 cm³/mol. The van der Waals surface area contributed by atoms with Crippen molar-refractivity contribution in [2.24, 2.45) is 11.1 Å². The molecule has 2 fully saturated rings. The molecule has 0 radical (unpaired) electrons. The lowest BCUT2D eigenvalue weighted by Crippen LogP contribution is -2.58. The molecule has 19 heavy (non-hydrogen) atoms. The zero-order chi connectivity index (χ0) is 14.0. The molecule has 0 aromatic rings. The second-order valence-corrected chi connectivity index (χ2v) is 6.92. The fourth-order valence-corrected chi connectivity index (χ4v) is 3.28. The molecule has 4 heteroatoms. The molecule has 0 aromatic heterocycles. The van der Waals surface area contributed by atoms with E-state index in [9.17, 15) is 4.79 Å². The molecule has 2 N–H and O–H groups in total. The maximum absolute atomic E-state index is 12.5. The number of rotatable bonds is 2. The summed E-state index contributed by atoms with van der Waals surface area (Å²) in [4.78, 5) is 16.9. The average Bonchev–Trinajstić information content (AvgIpc) is 2.41. The minimum absolute atomic E-state index is 0.00451. The lowest BCUT2D eigenvalue weighted by Gasteiger charge is -2.45. The third-order valence-corrected chi connectivity index (χ3v) is 4.91. The van der Waals surface area contributed by atoms with Gasteiger partial charge in [-0.25, -0.2) is 0 Å². The van der Waals surface area contributed by atoms with E-state index in [0.29, 0.717) is 5.91 Å². The van der Waals surface area contributed by atoms with Crippen LogP contribution in [0.2, 0.25) is 0 Å². The molecule has 2 rings (SSSR count). The van der Waals surface area contributed by atoms with E-state index in [1.165, 1.54) is 6.42 Å². The third-order valence-electron chi connectivity index (χ3n) is 4.91. The molecule has 0 bridgehead atoms. The van der Waals surface area contributed by atoms with Crippen molar-refractivity contribution in [1.82, 2.24) is 9.80 Å². The predicted octanol–water partition coefficient (Wildman–Crippen LogP) is 1.45. The smallest absolute Gasteiger partial charge is 0.239 e. The Labute approximate surface area is 117 Å². The highest BCUT2D eigenvalue weighted by molar-refractivity contribution is 5.81. The highest BCUT2D eigenvalue weighted by Crippen LogP contribution is 2.29. The highest BCUT2D eigenvalue weighted by atomic mass is 16.2. The summed E-state index contributed by atoms with van der Waals surface area (Å²) in [5.41, 5.74) is 6.28. The van der Waals surface area contributed by atoms with E-state index in [1.807, 2.05) is 0 Å². The molecule has 0 aromatic carbocycles. The van der Waals surface area contributed by atoms with Crippen LogP contribution in [0.25, 0.3) is 0 Å². The van der Waals surface area contributed by atoms with Crippen molar-refractivity contribution >= 4 is 5.91 Å². The number of likely N-dealkylation sites (tertiary alicyclic amines) is 2. The van der Waals surface area contributed by atoms with E-state index in [2.05, 4.69) is 30.6 Å². The van der Waals surface area contributed by atoms with Crippen LogP contribution in [-0.4, -0.2) is 54.0 Å². The summed E-state index contributed by atoms with van der Waals surface area (Å²) in [6, 6.07) is 0.255. The molecule has 2 aliphatic rings. The number of hydrogen-bond donors (Lipinski definition) is 1. The van der Waals surface area contributed by atoms with E-state index in [-0.39, 0.29) is 17.5 Å². The molecule has 2 atom stereocenters. The van der Waals surface area contributed by atoms with Crippen molar-refractivity contribution in [1.29, 1.82) is 0 Å². The first-order chi connectivity index (χ1) is 8.92. The number of amides is 1. The Morgan fingerprint density at radius 1 is 1.21 bits per heavy atom. The minimum Gasteiger partial charge on any atom is -0.341 e. The average molecular weight is 267 g/mol. The standard InChI is InChI=1S/C15H29N3O/c1-12(14(19)17-8-5-4-6-9-17)18-10-7-13(16)15(2,3)11-18/h12-13H,4-11,16H2,1-3H3. The van der Waals surface area contributed by atoms with Gasteiger partial charge < -0.3 is 10.6 Å².